The molecule has 3 aliphatic rings. The number of anilines is 1. The first-order valence-corrected chi connectivity index (χ1v) is 11.0. The van der Waals surface area contributed by atoms with Gasteiger partial charge in [0.2, 0.25) is 0 Å². The summed E-state index contributed by atoms with van der Waals surface area (Å²) in [7, 11) is 0. The largest absolute Gasteiger partial charge is 0.368 e. The number of rotatable bonds is 4. The van der Waals surface area contributed by atoms with Crippen LogP contribution in [-0.2, 0) is 0 Å². The topological polar surface area (TPSA) is 6.48 Å². The number of benzene rings is 1. The van der Waals surface area contributed by atoms with E-state index in [2.05, 4.69) is 68.7 Å². The normalized spacial score (nSPS) is 25.4. The molecule has 2 aliphatic carbocycles. The molecule has 1 saturated carbocycles. The minimum Gasteiger partial charge on any atom is -0.368 e. The van der Waals surface area contributed by atoms with Crippen molar-refractivity contribution in [2.45, 2.75) is 60.3 Å². The zero-order chi connectivity index (χ0) is 19.2. The fourth-order valence-corrected chi connectivity index (χ4v) is 5.72. The molecule has 1 aliphatic heterocycles. The van der Waals surface area contributed by atoms with Crippen molar-refractivity contribution in [3.63, 3.8) is 0 Å². The van der Waals surface area contributed by atoms with Gasteiger partial charge in [-0.3, -0.25) is 4.90 Å². The lowest BCUT2D eigenvalue weighted by atomic mass is 9.65. The summed E-state index contributed by atoms with van der Waals surface area (Å²) in [5.41, 5.74) is 6.66. The van der Waals surface area contributed by atoms with Crippen LogP contribution < -0.4 is 4.90 Å². The molecule has 0 aromatic heterocycles. The number of allylic oxidation sites excluding steroid dienone is 2. The smallest absolute Gasteiger partial charge is 0.0446 e. The maximum absolute atomic E-state index is 2.69. The summed E-state index contributed by atoms with van der Waals surface area (Å²) >= 11 is 0. The van der Waals surface area contributed by atoms with E-state index in [9.17, 15) is 0 Å². The van der Waals surface area contributed by atoms with Gasteiger partial charge < -0.3 is 4.90 Å². The van der Waals surface area contributed by atoms with E-state index in [-0.39, 0.29) is 5.41 Å². The summed E-state index contributed by atoms with van der Waals surface area (Å²) in [6, 6.07) is 6.93. The van der Waals surface area contributed by atoms with E-state index in [1.54, 1.807) is 5.57 Å². The minimum absolute atomic E-state index is 0.277. The number of nitrogens with zero attached hydrogens (tertiary/aromatic N) is 2. The standard InChI is InChI=1S/C25H38N2/c1-19-7-6-8-22(27-13-11-26(12-14-27)17-20-9-10-20)23(19)21-15-24(2,3)18-25(4,5)16-21/h6-8,15,20H,9-14,16-18H2,1-5H3. The molecule has 2 fully saturated rings. The van der Waals surface area contributed by atoms with Crippen molar-refractivity contribution in [2.75, 3.05) is 37.6 Å². The molecule has 4 rings (SSSR count). The van der Waals surface area contributed by atoms with Crippen molar-refractivity contribution < 1.29 is 0 Å². The molecule has 1 saturated heterocycles. The molecule has 0 spiro atoms. The van der Waals surface area contributed by atoms with E-state index in [0.29, 0.717) is 5.41 Å². The Kier molecular flexibility index (Phi) is 4.91. The molecule has 1 aromatic carbocycles. The summed E-state index contributed by atoms with van der Waals surface area (Å²) in [6.45, 7) is 18.1. The Labute approximate surface area is 166 Å². The Balaban J connectivity index is 1.60. The van der Waals surface area contributed by atoms with Crippen molar-refractivity contribution in [2.24, 2.45) is 16.7 Å². The summed E-state index contributed by atoms with van der Waals surface area (Å²) in [5, 5.41) is 0. The molecule has 1 aromatic rings. The van der Waals surface area contributed by atoms with Crippen LogP contribution in [0.4, 0.5) is 5.69 Å². The predicted octanol–water partition coefficient (Wildman–Crippen LogP) is 5.76. The third kappa shape index (κ3) is 4.42. The first kappa shape index (κ1) is 19.1. The van der Waals surface area contributed by atoms with E-state index < -0.39 is 0 Å². The maximum atomic E-state index is 2.69. The van der Waals surface area contributed by atoms with E-state index in [4.69, 9.17) is 0 Å². The number of hydrogen-bond acceptors (Lipinski definition) is 2. The van der Waals surface area contributed by atoms with Gasteiger partial charge >= 0.3 is 0 Å². The summed E-state index contributed by atoms with van der Waals surface area (Å²) in [6.07, 6.45) is 7.96. The molecule has 0 bridgehead atoms. The average molecular weight is 367 g/mol. The lowest BCUT2D eigenvalue weighted by molar-refractivity contribution is 0.228. The number of piperazine rings is 1. The maximum Gasteiger partial charge on any atom is 0.0446 e. The predicted molar refractivity (Wildman–Crippen MR) is 117 cm³/mol. The molecule has 2 nitrogen and oxygen atoms in total. The van der Waals surface area contributed by atoms with Crippen molar-refractivity contribution in [1.29, 1.82) is 0 Å². The SMILES string of the molecule is Cc1cccc(N2CCN(CC3CC3)CC2)c1C1=CC(C)(C)CC(C)(C)C1. The van der Waals surface area contributed by atoms with Gasteiger partial charge in [0.05, 0.1) is 0 Å². The molecular formula is C25H38N2. The zero-order valence-corrected chi connectivity index (χ0v) is 18.1. The first-order valence-electron chi connectivity index (χ1n) is 11.0. The summed E-state index contributed by atoms with van der Waals surface area (Å²) < 4.78 is 0. The highest BCUT2D eigenvalue weighted by molar-refractivity contribution is 5.80. The van der Waals surface area contributed by atoms with Gasteiger partial charge in [-0.2, -0.15) is 0 Å². The highest BCUT2D eigenvalue weighted by Gasteiger charge is 2.35. The second-order valence-corrected chi connectivity index (χ2v) is 10.9. The molecule has 148 valence electrons. The van der Waals surface area contributed by atoms with Crippen molar-refractivity contribution in [1.82, 2.24) is 4.90 Å². The first-order chi connectivity index (χ1) is 12.7. The van der Waals surface area contributed by atoms with Crippen LogP contribution in [0.25, 0.3) is 5.57 Å². The lowest BCUT2D eigenvalue weighted by Crippen LogP contribution is -2.47. The van der Waals surface area contributed by atoms with Crippen LogP contribution in [-0.4, -0.2) is 37.6 Å². The highest BCUT2D eigenvalue weighted by atomic mass is 15.3. The molecular weight excluding hydrogens is 328 g/mol. The van der Waals surface area contributed by atoms with Crippen molar-refractivity contribution >= 4 is 11.3 Å². The summed E-state index contributed by atoms with van der Waals surface area (Å²) in [5.74, 6) is 1.00. The van der Waals surface area contributed by atoms with E-state index in [1.807, 2.05) is 0 Å². The second kappa shape index (κ2) is 6.95. The van der Waals surface area contributed by atoms with E-state index in [0.717, 1.165) is 5.92 Å². The van der Waals surface area contributed by atoms with Gasteiger partial charge in [-0.1, -0.05) is 45.9 Å². The van der Waals surface area contributed by atoms with Gasteiger partial charge in [-0.15, -0.1) is 0 Å². The Morgan fingerprint density at radius 1 is 1.00 bits per heavy atom. The molecule has 1 heterocycles. The molecule has 0 N–H and O–H groups in total. The van der Waals surface area contributed by atoms with Crippen LogP contribution in [0.1, 0.15) is 64.5 Å². The van der Waals surface area contributed by atoms with Crippen LogP contribution >= 0.6 is 0 Å². The molecule has 27 heavy (non-hydrogen) atoms. The molecule has 0 amide bonds. The Morgan fingerprint density at radius 3 is 2.33 bits per heavy atom. The van der Waals surface area contributed by atoms with Crippen molar-refractivity contribution in [3.05, 3.63) is 35.4 Å². The molecule has 0 atom stereocenters. The Hall–Kier alpha value is -1.28. The van der Waals surface area contributed by atoms with Crippen LogP contribution in [0.3, 0.4) is 0 Å². The number of hydrogen-bond donors (Lipinski definition) is 0. The fourth-order valence-electron chi connectivity index (χ4n) is 5.72. The minimum atomic E-state index is 0.277. The number of aryl methyl sites for hydroxylation is 1. The van der Waals surface area contributed by atoms with Crippen LogP contribution in [0, 0.1) is 23.7 Å². The zero-order valence-electron chi connectivity index (χ0n) is 18.1. The van der Waals surface area contributed by atoms with E-state index >= 15 is 0 Å². The van der Waals surface area contributed by atoms with Gasteiger partial charge in [0.15, 0.2) is 0 Å². The van der Waals surface area contributed by atoms with Crippen LogP contribution in [0.2, 0.25) is 0 Å². The Bertz CT molecular complexity index is 716. The van der Waals surface area contributed by atoms with Gasteiger partial charge in [-0.25, -0.2) is 0 Å². The Morgan fingerprint density at radius 2 is 1.70 bits per heavy atom. The third-order valence-corrected chi connectivity index (χ3v) is 6.67. The van der Waals surface area contributed by atoms with Crippen LogP contribution in [0.15, 0.2) is 24.3 Å². The third-order valence-electron chi connectivity index (χ3n) is 6.67. The quantitative estimate of drug-likeness (QED) is 0.669. The molecule has 2 heteroatoms. The van der Waals surface area contributed by atoms with Crippen molar-refractivity contribution in [3.8, 4) is 0 Å². The summed E-state index contributed by atoms with van der Waals surface area (Å²) in [4.78, 5) is 5.34. The lowest BCUT2D eigenvalue weighted by Gasteiger charge is -2.42. The second-order valence-electron chi connectivity index (χ2n) is 10.9. The van der Waals surface area contributed by atoms with Gasteiger partial charge in [0, 0.05) is 44.0 Å². The molecule has 0 unspecified atom stereocenters. The highest BCUT2D eigenvalue weighted by Crippen LogP contribution is 2.49. The van der Waals surface area contributed by atoms with Crippen LogP contribution in [0.5, 0.6) is 0 Å². The fraction of sp³-hybridized carbons (Fsp3) is 0.680. The van der Waals surface area contributed by atoms with E-state index in [1.165, 1.54) is 75.2 Å². The molecule has 0 radical (unpaired) electrons. The average Bonchev–Trinajstić information content (AvgIpc) is 3.36. The van der Waals surface area contributed by atoms with Gasteiger partial charge in [-0.05, 0) is 66.6 Å². The monoisotopic (exact) mass is 366 g/mol. The van der Waals surface area contributed by atoms with Gasteiger partial charge in [0.1, 0.15) is 0 Å². The van der Waals surface area contributed by atoms with Gasteiger partial charge in [0.25, 0.3) is 0 Å².